The van der Waals surface area contributed by atoms with Gasteiger partial charge in [0.25, 0.3) is 0 Å². The maximum absolute atomic E-state index is 11.7. The summed E-state index contributed by atoms with van der Waals surface area (Å²) < 4.78 is 32.0. The fourth-order valence-electron chi connectivity index (χ4n) is 3.43. The standard InChI is InChI=1S/C27H27N5O3S/c1-5-36(33,34)32-20(4)6-8-21-9-12-25-24(15-21)27(30-17-29-25)31-22-10-13-26(18(2)14-22)35-23-11-7-19(3)28-16-23/h7,9-17,20,32H,5H2,1-4H3,(H,29,30,31). The van der Waals surface area contributed by atoms with Gasteiger partial charge in [-0.25, -0.2) is 23.1 Å². The zero-order chi connectivity index (χ0) is 25.7. The summed E-state index contributed by atoms with van der Waals surface area (Å²) >= 11 is 0. The lowest BCUT2D eigenvalue weighted by atomic mass is 10.1. The van der Waals surface area contributed by atoms with Crippen molar-refractivity contribution in [3.63, 3.8) is 0 Å². The molecule has 0 fully saturated rings. The zero-order valence-electron chi connectivity index (χ0n) is 20.5. The lowest BCUT2D eigenvalue weighted by Gasteiger charge is -2.12. The van der Waals surface area contributed by atoms with Crippen molar-refractivity contribution >= 4 is 32.4 Å². The number of aromatic nitrogens is 3. The summed E-state index contributed by atoms with van der Waals surface area (Å²) in [7, 11) is -3.32. The third-order valence-electron chi connectivity index (χ3n) is 5.35. The van der Waals surface area contributed by atoms with E-state index in [1.165, 1.54) is 6.33 Å². The summed E-state index contributed by atoms with van der Waals surface area (Å²) in [6.45, 7) is 7.20. The summed E-state index contributed by atoms with van der Waals surface area (Å²) in [5.74, 6) is 8.04. The maximum Gasteiger partial charge on any atom is 0.212 e. The van der Waals surface area contributed by atoms with Gasteiger partial charge in [-0.1, -0.05) is 11.8 Å². The van der Waals surface area contributed by atoms with Gasteiger partial charge in [0.1, 0.15) is 23.6 Å². The number of nitrogens with zero attached hydrogens (tertiary/aromatic N) is 3. The van der Waals surface area contributed by atoms with Crippen LogP contribution in [-0.4, -0.2) is 35.2 Å². The van der Waals surface area contributed by atoms with Gasteiger partial charge in [-0.2, -0.15) is 0 Å². The number of hydrogen-bond acceptors (Lipinski definition) is 7. The van der Waals surface area contributed by atoms with E-state index >= 15 is 0 Å². The molecule has 36 heavy (non-hydrogen) atoms. The molecule has 1 unspecified atom stereocenters. The molecule has 0 radical (unpaired) electrons. The highest BCUT2D eigenvalue weighted by Gasteiger charge is 2.10. The average Bonchev–Trinajstić information content (AvgIpc) is 2.86. The Morgan fingerprint density at radius 3 is 2.58 bits per heavy atom. The minimum absolute atomic E-state index is 0.0110. The molecule has 8 nitrogen and oxygen atoms in total. The van der Waals surface area contributed by atoms with E-state index in [0.29, 0.717) is 11.6 Å². The first kappa shape index (κ1) is 25.1. The Labute approximate surface area is 211 Å². The molecule has 0 saturated heterocycles. The second kappa shape index (κ2) is 10.7. The molecular weight excluding hydrogens is 474 g/mol. The SMILES string of the molecule is CCS(=O)(=O)NC(C)C#Cc1ccc2ncnc(Nc3ccc(Oc4ccc(C)nc4)c(C)c3)c2c1. The predicted octanol–water partition coefficient (Wildman–Crippen LogP) is 4.86. The second-order valence-electron chi connectivity index (χ2n) is 8.31. The molecule has 0 aliphatic rings. The number of sulfonamides is 1. The predicted molar refractivity (Wildman–Crippen MR) is 142 cm³/mol. The van der Waals surface area contributed by atoms with E-state index in [0.717, 1.165) is 39.2 Å². The number of rotatable bonds is 7. The van der Waals surface area contributed by atoms with Crippen LogP contribution < -0.4 is 14.8 Å². The average molecular weight is 502 g/mol. The monoisotopic (exact) mass is 501 g/mol. The third-order valence-corrected chi connectivity index (χ3v) is 6.83. The first-order valence-corrected chi connectivity index (χ1v) is 13.1. The lowest BCUT2D eigenvalue weighted by molar-refractivity contribution is 0.476. The van der Waals surface area contributed by atoms with Gasteiger partial charge in [0.2, 0.25) is 10.0 Å². The van der Waals surface area contributed by atoms with Crippen LogP contribution in [0.25, 0.3) is 10.9 Å². The van der Waals surface area contributed by atoms with E-state index in [9.17, 15) is 8.42 Å². The Balaban J connectivity index is 1.55. The normalized spacial score (nSPS) is 12.0. The van der Waals surface area contributed by atoms with Crippen molar-refractivity contribution in [3.8, 4) is 23.3 Å². The molecule has 9 heteroatoms. The molecule has 1 atom stereocenters. The van der Waals surface area contributed by atoms with Crippen LogP contribution in [0.3, 0.4) is 0 Å². The van der Waals surface area contributed by atoms with Crippen molar-refractivity contribution in [1.82, 2.24) is 19.7 Å². The quantitative estimate of drug-likeness (QED) is 0.349. The Hall–Kier alpha value is -4.00. The molecule has 4 rings (SSSR count). The van der Waals surface area contributed by atoms with E-state index in [1.807, 2.05) is 62.4 Å². The van der Waals surface area contributed by atoms with Crippen molar-refractivity contribution in [2.24, 2.45) is 0 Å². The molecule has 2 N–H and O–H groups in total. The molecule has 184 valence electrons. The molecule has 4 aromatic rings. The molecule has 0 amide bonds. The van der Waals surface area contributed by atoms with Crippen molar-refractivity contribution in [2.45, 2.75) is 33.7 Å². The lowest BCUT2D eigenvalue weighted by Crippen LogP contribution is -2.32. The van der Waals surface area contributed by atoms with Gasteiger partial charge >= 0.3 is 0 Å². The summed E-state index contributed by atoms with van der Waals surface area (Å²) in [5, 5.41) is 4.16. The minimum atomic E-state index is -3.32. The highest BCUT2D eigenvalue weighted by molar-refractivity contribution is 7.89. The van der Waals surface area contributed by atoms with E-state index in [-0.39, 0.29) is 5.75 Å². The number of pyridine rings is 1. The summed E-state index contributed by atoms with van der Waals surface area (Å²) in [5.41, 5.74) is 4.23. The number of ether oxygens (including phenoxy) is 1. The molecule has 0 aliphatic carbocycles. The molecule has 2 aromatic carbocycles. The van der Waals surface area contributed by atoms with Crippen LogP contribution in [0.15, 0.2) is 61.1 Å². The Kier molecular flexibility index (Phi) is 7.48. The highest BCUT2D eigenvalue weighted by Crippen LogP contribution is 2.29. The summed E-state index contributed by atoms with van der Waals surface area (Å²) in [6.07, 6.45) is 3.21. The first-order valence-electron chi connectivity index (χ1n) is 11.5. The van der Waals surface area contributed by atoms with Gasteiger partial charge in [0.05, 0.1) is 23.5 Å². The Bertz CT molecular complexity index is 1560. The number of anilines is 2. The van der Waals surface area contributed by atoms with Gasteiger partial charge in [-0.05, 0) is 81.8 Å². The largest absolute Gasteiger partial charge is 0.455 e. The molecule has 0 bridgehead atoms. The van der Waals surface area contributed by atoms with Crippen LogP contribution >= 0.6 is 0 Å². The van der Waals surface area contributed by atoms with Crippen LogP contribution in [0.1, 0.15) is 30.7 Å². The number of hydrogen-bond donors (Lipinski definition) is 2. The number of aryl methyl sites for hydroxylation is 2. The van der Waals surface area contributed by atoms with E-state index in [4.69, 9.17) is 4.74 Å². The smallest absolute Gasteiger partial charge is 0.212 e. The van der Waals surface area contributed by atoms with E-state index in [2.05, 4.69) is 36.8 Å². The maximum atomic E-state index is 11.7. The van der Waals surface area contributed by atoms with Crippen molar-refractivity contribution in [2.75, 3.05) is 11.1 Å². The topological polar surface area (TPSA) is 106 Å². The fourth-order valence-corrected chi connectivity index (χ4v) is 4.19. The van der Waals surface area contributed by atoms with Crippen molar-refractivity contribution in [3.05, 3.63) is 77.9 Å². The van der Waals surface area contributed by atoms with Gasteiger partial charge in [0, 0.05) is 22.3 Å². The molecular formula is C27H27N5O3S. The Morgan fingerprint density at radius 1 is 1.03 bits per heavy atom. The fraction of sp³-hybridized carbons (Fsp3) is 0.222. The molecule has 2 heterocycles. The minimum Gasteiger partial charge on any atom is -0.455 e. The zero-order valence-corrected chi connectivity index (χ0v) is 21.3. The van der Waals surface area contributed by atoms with E-state index in [1.54, 1.807) is 20.0 Å². The molecule has 0 aliphatic heterocycles. The van der Waals surface area contributed by atoms with Crippen LogP contribution in [0.4, 0.5) is 11.5 Å². The van der Waals surface area contributed by atoms with Crippen molar-refractivity contribution < 1.29 is 13.2 Å². The van der Waals surface area contributed by atoms with Gasteiger partial charge in [-0.15, -0.1) is 0 Å². The van der Waals surface area contributed by atoms with E-state index < -0.39 is 16.1 Å². The number of nitrogens with one attached hydrogen (secondary N) is 2. The summed E-state index contributed by atoms with van der Waals surface area (Å²) in [4.78, 5) is 13.0. The van der Waals surface area contributed by atoms with Crippen LogP contribution in [0.5, 0.6) is 11.5 Å². The van der Waals surface area contributed by atoms with Crippen LogP contribution in [-0.2, 0) is 10.0 Å². The first-order chi connectivity index (χ1) is 17.2. The van der Waals surface area contributed by atoms with Crippen molar-refractivity contribution in [1.29, 1.82) is 0 Å². The van der Waals surface area contributed by atoms with Gasteiger partial charge in [0.15, 0.2) is 0 Å². The second-order valence-corrected chi connectivity index (χ2v) is 10.4. The summed E-state index contributed by atoms with van der Waals surface area (Å²) in [6, 6.07) is 14.7. The number of benzene rings is 2. The number of fused-ring (bicyclic) bond motifs is 1. The molecule has 0 spiro atoms. The van der Waals surface area contributed by atoms with Gasteiger partial charge < -0.3 is 10.1 Å². The van der Waals surface area contributed by atoms with Crippen LogP contribution in [0.2, 0.25) is 0 Å². The third kappa shape index (κ3) is 6.36. The van der Waals surface area contributed by atoms with Gasteiger partial charge in [-0.3, -0.25) is 4.98 Å². The molecule has 0 saturated carbocycles. The highest BCUT2D eigenvalue weighted by atomic mass is 32.2. The Morgan fingerprint density at radius 2 is 1.86 bits per heavy atom. The van der Waals surface area contributed by atoms with Crippen LogP contribution in [0, 0.1) is 25.7 Å². The molecule has 2 aromatic heterocycles.